The van der Waals surface area contributed by atoms with E-state index in [1.165, 1.54) is 64.2 Å². The first-order valence-corrected chi connectivity index (χ1v) is 10.8. The Morgan fingerprint density at radius 3 is 1.69 bits per heavy atom. The lowest BCUT2D eigenvalue weighted by atomic mass is 9.73. The first kappa shape index (κ1) is 23.1. The number of aliphatic hydroxyl groups is 1. The minimum atomic E-state index is -1.95. The van der Waals surface area contributed by atoms with Crippen molar-refractivity contribution >= 4 is 11.8 Å². The van der Waals surface area contributed by atoms with Crippen molar-refractivity contribution in [1.82, 2.24) is 0 Å². The molecule has 26 heavy (non-hydrogen) atoms. The molecule has 1 N–H and O–H groups in total. The lowest BCUT2D eigenvalue weighted by Crippen LogP contribution is -2.53. The van der Waals surface area contributed by atoms with Gasteiger partial charge >= 0.3 is 5.97 Å². The molecule has 0 radical (unpaired) electrons. The molecule has 0 aromatic carbocycles. The van der Waals surface area contributed by atoms with Gasteiger partial charge in [0.15, 0.2) is 5.78 Å². The molecule has 1 fully saturated rings. The molecule has 0 aromatic heterocycles. The number of carbonyl (C=O) groups excluding carboxylic acids is 2. The van der Waals surface area contributed by atoms with Crippen molar-refractivity contribution in [1.29, 1.82) is 0 Å². The number of unbranched alkanes of at least 4 members (excludes halogenated alkanes) is 12. The molecule has 1 unspecified atom stereocenters. The lowest BCUT2D eigenvalue weighted by molar-refractivity contribution is -0.164. The number of rotatable bonds is 15. The second-order valence-electron chi connectivity index (χ2n) is 8.59. The summed E-state index contributed by atoms with van der Waals surface area (Å²) in [6, 6.07) is 0. The summed E-state index contributed by atoms with van der Waals surface area (Å²) in [5, 5.41) is 10.5. The van der Waals surface area contributed by atoms with Gasteiger partial charge in [0.05, 0.1) is 0 Å². The SMILES string of the molecule is CCCCCCCCCCCCCCCC(=O)C1(O)C(=O)OCC1(C)C. The van der Waals surface area contributed by atoms with Crippen LogP contribution in [-0.2, 0) is 14.3 Å². The van der Waals surface area contributed by atoms with Gasteiger partial charge in [0.25, 0.3) is 0 Å². The van der Waals surface area contributed by atoms with E-state index in [0.29, 0.717) is 0 Å². The van der Waals surface area contributed by atoms with Gasteiger partial charge < -0.3 is 9.84 Å². The number of ether oxygens (including phenoxy) is 1. The maximum atomic E-state index is 12.3. The van der Waals surface area contributed by atoms with Gasteiger partial charge in [-0.3, -0.25) is 4.79 Å². The van der Waals surface area contributed by atoms with Crippen LogP contribution in [-0.4, -0.2) is 29.1 Å². The third-order valence-corrected chi connectivity index (χ3v) is 5.75. The highest BCUT2D eigenvalue weighted by Gasteiger charge is 2.61. The molecule has 1 aliphatic rings. The van der Waals surface area contributed by atoms with Gasteiger partial charge in [-0.2, -0.15) is 0 Å². The first-order chi connectivity index (χ1) is 12.4. The molecule has 0 amide bonds. The minimum absolute atomic E-state index is 0.104. The van der Waals surface area contributed by atoms with Crippen LogP contribution < -0.4 is 0 Å². The highest BCUT2D eigenvalue weighted by molar-refractivity contribution is 6.09. The number of Topliss-reactive ketones (excluding diaryl/α,β-unsaturated/α-hetero) is 1. The van der Waals surface area contributed by atoms with Gasteiger partial charge in [-0.25, -0.2) is 4.79 Å². The summed E-state index contributed by atoms with van der Waals surface area (Å²) in [6.45, 7) is 5.77. The third kappa shape index (κ3) is 6.68. The monoisotopic (exact) mass is 368 g/mol. The Labute approximate surface area is 160 Å². The smallest absolute Gasteiger partial charge is 0.346 e. The third-order valence-electron chi connectivity index (χ3n) is 5.75. The van der Waals surface area contributed by atoms with E-state index in [9.17, 15) is 14.7 Å². The van der Waals surface area contributed by atoms with Crippen LogP contribution in [0.2, 0.25) is 0 Å². The molecule has 0 spiro atoms. The average Bonchev–Trinajstić information content (AvgIpc) is 2.82. The Bertz CT molecular complexity index is 430. The number of cyclic esters (lactones) is 1. The fourth-order valence-electron chi connectivity index (χ4n) is 3.71. The Morgan fingerprint density at radius 1 is 0.885 bits per heavy atom. The fourth-order valence-corrected chi connectivity index (χ4v) is 3.71. The summed E-state index contributed by atoms with van der Waals surface area (Å²) in [5.41, 5.74) is -2.79. The second-order valence-corrected chi connectivity index (χ2v) is 8.59. The standard InChI is InChI=1S/C22H40O4/c1-4-5-6-7-8-9-10-11-12-13-14-15-16-17-19(23)22(25)20(24)26-18-21(22,2)3/h25H,4-18H2,1-3H3. The fraction of sp³-hybridized carbons (Fsp3) is 0.909. The van der Waals surface area contributed by atoms with E-state index in [0.717, 1.165) is 19.3 Å². The van der Waals surface area contributed by atoms with Crippen LogP contribution in [0, 0.1) is 5.41 Å². The Hall–Kier alpha value is -0.900. The number of hydrogen-bond donors (Lipinski definition) is 1. The van der Waals surface area contributed by atoms with E-state index in [-0.39, 0.29) is 18.8 Å². The van der Waals surface area contributed by atoms with Crippen molar-refractivity contribution < 1.29 is 19.4 Å². The van der Waals surface area contributed by atoms with Gasteiger partial charge in [-0.05, 0) is 6.42 Å². The number of hydrogen-bond acceptors (Lipinski definition) is 4. The highest BCUT2D eigenvalue weighted by atomic mass is 16.6. The van der Waals surface area contributed by atoms with Gasteiger partial charge in [-0.15, -0.1) is 0 Å². The highest BCUT2D eigenvalue weighted by Crippen LogP contribution is 2.39. The van der Waals surface area contributed by atoms with Crippen LogP contribution in [0.15, 0.2) is 0 Å². The predicted molar refractivity (Wildman–Crippen MR) is 105 cm³/mol. The quantitative estimate of drug-likeness (QED) is 0.240. The summed E-state index contributed by atoms with van der Waals surface area (Å²) in [7, 11) is 0. The molecule has 1 atom stereocenters. The summed E-state index contributed by atoms with van der Waals surface area (Å²) < 4.78 is 4.91. The molecule has 0 aromatic rings. The largest absolute Gasteiger partial charge is 0.462 e. The number of ketones is 1. The topological polar surface area (TPSA) is 63.6 Å². The predicted octanol–water partition coefficient (Wildman–Crippen LogP) is 5.35. The van der Waals surface area contributed by atoms with Crippen molar-refractivity contribution in [2.24, 2.45) is 5.41 Å². The van der Waals surface area contributed by atoms with Gasteiger partial charge in [0.1, 0.15) is 6.61 Å². The summed E-state index contributed by atoms with van der Waals surface area (Å²) in [4.78, 5) is 24.1. The zero-order chi connectivity index (χ0) is 19.5. The van der Waals surface area contributed by atoms with E-state index in [1.807, 2.05) is 0 Å². The van der Waals surface area contributed by atoms with E-state index in [1.54, 1.807) is 13.8 Å². The van der Waals surface area contributed by atoms with Crippen molar-refractivity contribution in [2.45, 2.75) is 116 Å². The first-order valence-electron chi connectivity index (χ1n) is 10.8. The van der Waals surface area contributed by atoms with Crippen molar-refractivity contribution in [3.63, 3.8) is 0 Å². The van der Waals surface area contributed by atoms with Crippen LogP contribution in [0.4, 0.5) is 0 Å². The molecule has 152 valence electrons. The van der Waals surface area contributed by atoms with Gasteiger partial charge in [-0.1, -0.05) is 97.8 Å². The molecular formula is C22H40O4. The lowest BCUT2D eigenvalue weighted by Gasteiger charge is -2.29. The van der Waals surface area contributed by atoms with Crippen molar-refractivity contribution in [2.75, 3.05) is 6.61 Å². The average molecular weight is 369 g/mol. The minimum Gasteiger partial charge on any atom is -0.462 e. The zero-order valence-corrected chi connectivity index (χ0v) is 17.3. The van der Waals surface area contributed by atoms with E-state index < -0.39 is 17.0 Å². The summed E-state index contributed by atoms with van der Waals surface area (Å²) in [5.74, 6) is -1.16. The molecule has 1 heterocycles. The molecule has 1 rings (SSSR count). The Kier molecular flexibility index (Phi) is 10.4. The van der Waals surface area contributed by atoms with Crippen LogP contribution in [0.25, 0.3) is 0 Å². The maximum Gasteiger partial charge on any atom is 0.346 e. The number of carbonyl (C=O) groups is 2. The number of esters is 1. The van der Waals surface area contributed by atoms with Crippen LogP contribution in [0.3, 0.4) is 0 Å². The summed E-state index contributed by atoms with van der Waals surface area (Å²) in [6.07, 6.45) is 16.4. The molecule has 0 bridgehead atoms. The Balaban J connectivity index is 2.01. The van der Waals surface area contributed by atoms with Crippen LogP contribution >= 0.6 is 0 Å². The Morgan fingerprint density at radius 2 is 1.31 bits per heavy atom. The van der Waals surface area contributed by atoms with E-state index in [2.05, 4.69) is 6.92 Å². The molecule has 1 aliphatic heterocycles. The zero-order valence-electron chi connectivity index (χ0n) is 17.3. The molecule has 1 saturated heterocycles. The van der Waals surface area contributed by atoms with Crippen molar-refractivity contribution in [3.05, 3.63) is 0 Å². The summed E-state index contributed by atoms with van der Waals surface area (Å²) >= 11 is 0. The van der Waals surface area contributed by atoms with Crippen molar-refractivity contribution in [3.8, 4) is 0 Å². The molecule has 4 nitrogen and oxygen atoms in total. The van der Waals surface area contributed by atoms with Gasteiger partial charge in [0.2, 0.25) is 5.60 Å². The molecule has 0 saturated carbocycles. The normalized spacial score (nSPS) is 21.8. The van der Waals surface area contributed by atoms with Crippen LogP contribution in [0.5, 0.6) is 0 Å². The maximum absolute atomic E-state index is 12.3. The van der Waals surface area contributed by atoms with E-state index in [4.69, 9.17) is 4.74 Å². The van der Waals surface area contributed by atoms with E-state index >= 15 is 0 Å². The molecule has 4 heteroatoms. The molecule has 0 aliphatic carbocycles. The van der Waals surface area contributed by atoms with Gasteiger partial charge in [0, 0.05) is 11.8 Å². The second kappa shape index (κ2) is 11.7. The van der Waals surface area contributed by atoms with Crippen LogP contribution in [0.1, 0.15) is 111 Å². The molecular weight excluding hydrogens is 328 g/mol.